The van der Waals surface area contributed by atoms with Gasteiger partial charge in [-0.3, -0.25) is 0 Å². The minimum Gasteiger partial charge on any atom is -0.494 e. The van der Waals surface area contributed by atoms with E-state index < -0.39 is 0 Å². The zero-order valence-electron chi connectivity index (χ0n) is 15.2. The molecule has 0 unspecified atom stereocenters. The second-order valence-electron chi connectivity index (χ2n) is 7.47. The smallest absolute Gasteiger partial charge is 0.197 e. The molecule has 0 spiro atoms. The van der Waals surface area contributed by atoms with Gasteiger partial charge in [0.15, 0.2) is 5.88 Å². The van der Waals surface area contributed by atoms with Crippen molar-refractivity contribution in [1.82, 2.24) is 14.5 Å². The second kappa shape index (κ2) is 5.72. The molecule has 3 N–H and O–H groups in total. The second-order valence-corrected chi connectivity index (χ2v) is 7.92. The van der Waals surface area contributed by atoms with Gasteiger partial charge in [0.2, 0.25) is 0 Å². The van der Waals surface area contributed by atoms with Crippen LogP contribution in [0, 0.1) is 0 Å². The lowest BCUT2D eigenvalue weighted by Gasteiger charge is -2.14. The van der Waals surface area contributed by atoms with Crippen molar-refractivity contribution in [2.24, 2.45) is 0 Å². The van der Waals surface area contributed by atoms with Crippen LogP contribution in [0.1, 0.15) is 12.0 Å². The van der Waals surface area contributed by atoms with Crippen molar-refractivity contribution >= 4 is 34.4 Å². The van der Waals surface area contributed by atoms with Gasteiger partial charge in [0.05, 0.1) is 16.1 Å². The summed E-state index contributed by atoms with van der Waals surface area (Å²) in [6.45, 7) is 1.02. The van der Waals surface area contributed by atoms with E-state index in [1.807, 2.05) is 24.4 Å². The van der Waals surface area contributed by atoms with Gasteiger partial charge in [-0.1, -0.05) is 36.4 Å². The molecule has 0 saturated heterocycles. The number of aryl methyl sites for hydroxylation is 2. The Bertz CT molecular complexity index is 1370. The summed E-state index contributed by atoms with van der Waals surface area (Å²) in [7, 11) is 0. The molecule has 5 heteroatoms. The number of thiol groups is 1. The summed E-state index contributed by atoms with van der Waals surface area (Å²) in [5, 5.41) is 13.8. The lowest BCUT2D eigenvalue weighted by atomic mass is 9.96. The Morgan fingerprint density at radius 3 is 2.75 bits per heavy atom. The molecule has 1 aliphatic rings. The van der Waals surface area contributed by atoms with Crippen LogP contribution in [0.25, 0.3) is 44.1 Å². The molecular weight excluding hydrogens is 366 g/mol. The fourth-order valence-electron chi connectivity index (χ4n) is 4.73. The molecule has 138 valence electrons. The number of aromatic amines is 2. The normalized spacial score (nSPS) is 13.6. The van der Waals surface area contributed by atoms with Gasteiger partial charge < -0.3 is 19.6 Å². The van der Waals surface area contributed by atoms with Crippen LogP contribution in [-0.2, 0) is 13.0 Å². The largest absolute Gasteiger partial charge is 0.494 e. The molecule has 4 heterocycles. The van der Waals surface area contributed by atoms with Crippen LogP contribution < -0.4 is 0 Å². The molecule has 6 rings (SSSR count). The number of para-hydroxylation sites is 2. The minimum absolute atomic E-state index is 0.150. The number of aromatic hydroxyl groups is 1. The highest BCUT2D eigenvalue weighted by Crippen LogP contribution is 2.48. The summed E-state index contributed by atoms with van der Waals surface area (Å²) in [5.41, 5.74) is 7.59. The molecule has 1 aliphatic heterocycles. The first-order valence-electron chi connectivity index (χ1n) is 9.54. The van der Waals surface area contributed by atoms with Crippen molar-refractivity contribution in [2.45, 2.75) is 24.4 Å². The molecule has 28 heavy (non-hydrogen) atoms. The molecule has 0 atom stereocenters. The van der Waals surface area contributed by atoms with Gasteiger partial charge in [-0.05, 0) is 24.5 Å². The van der Waals surface area contributed by atoms with Crippen molar-refractivity contribution in [3.8, 4) is 28.1 Å². The van der Waals surface area contributed by atoms with E-state index in [0.717, 1.165) is 52.5 Å². The van der Waals surface area contributed by atoms with E-state index in [0.29, 0.717) is 5.03 Å². The molecule has 0 saturated carbocycles. The summed E-state index contributed by atoms with van der Waals surface area (Å²) in [6, 6.07) is 14.7. The summed E-state index contributed by atoms with van der Waals surface area (Å²) >= 11 is 4.70. The van der Waals surface area contributed by atoms with E-state index in [1.54, 1.807) is 0 Å². The fourth-order valence-corrected chi connectivity index (χ4v) is 5.07. The Balaban J connectivity index is 1.69. The number of nitrogens with zero attached hydrogens (tertiary/aromatic N) is 1. The monoisotopic (exact) mass is 385 g/mol. The highest BCUT2D eigenvalue weighted by molar-refractivity contribution is 7.80. The maximum absolute atomic E-state index is 10.8. The zero-order chi connectivity index (χ0) is 18.8. The van der Waals surface area contributed by atoms with Gasteiger partial charge in [0.1, 0.15) is 0 Å². The lowest BCUT2D eigenvalue weighted by Crippen LogP contribution is -2.05. The number of H-pyrrole nitrogens is 2. The molecule has 2 aromatic carbocycles. The van der Waals surface area contributed by atoms with E-state index in [4.69, 9.17) is 12.6 Å². The van der Waals surface area contributed by atoms with Crippen LogP contribution in [0.15, 0.2) is 59.9 Å². The maximum atomic E-state index is 10.8. The van der Waals surface area contributed by atoms with Crippen LogP contribution in [0.5, 0.6) is 5.88 Å². The third-order valence-corrected chi connectivity index (χ3v) is 6.25. The molecule has 0 fully saturated rings. The van der Waals surface area contributed by atoms with Gasteiger partial charge >= 0.3 is 0 Å². The third-order valence-electron chi connectivity index (χ3n) is 5.92. The molecule has 0 bridgehead atoms. The van der Waals surface area contributed by atoms with Gasteiger partial charge in [-0.15, -0.1) is 12.6 Å². The van der Waals surface area contributed by atoms with Gasteiger partial charge in [0, 0.05) is 51.9 Å². The molecular formula is C23H19N3OS. The average molecular weight is 385 g/mol. The van der Waals surface area contributed by atoms with Crippen LogP contribution in [0.4, 0.5) is 0 Å². The average Bonchev–Trinajstić information content (AvgIpc) is 3.37. The Labute approximate surface area is 167 Å². The van der Waals surface area contributed by atoms with Crippen LogP contribution in [-0.4, -0.2) is 19.6 Å². The molecule has 0 amide bonds. The van der Waals surface area contributed by atoms with Crippen molar-refractivity contribution in [2.75, 3.05) is 0 Å². The predicted molar refractivity (Wildman–Crippen MR) is 116 cm³/mol. The first kappa shape index (κ1) is 16.0. The quantitative estimate of drug-likeness (QED) is 0.288. The van der Waals surface area contributed by atoms with E-state index in [1.165, 1.54) is 16.5 Å². The van der Waals surface area contributed by atoms with Crippen LogP contribution >= 0.6 is 12.6 Å². The number of nitrogens with one attached hydrogen (secondary N) is 2. The molecule has 3 aromatic heterocycles. The van der Waals surface area contributed by atoms with Gasteiger partial charge in [-0.25, -0.2) is 0 Å². The lowest BCUT2D eigenvalue weighted by molar-refractivity contribution is 0.456. The fraction of sp³-hybridized carbons (Fsp3) is 0.130. The molecule has 0 radical (unpaired) electrons. The first-order valence-corrected chi connectivity index (χ1v) is 9.98. The number of fused-ring (bicyclic) bond motifs is 1. The van der Waals surface area contributed by atoms with E-state index in [9.17, 15) is 5.11 Å². The van der Waals surface area contributed by atoms with Gasteiger partial charge in [-0.2, -0.15) is 0 Å². The summed E-state index contributed by atoms with van der Waals surface area (Å²) < 4.78 is 2.35. The maximum Gasteiger partial charge on any atom is 0.197 e. The molecule has 0 aliphatic carbocycles. The van der Waals surface area contributed by atoms with Crippen molar-refractivity contribution in [3.05, 3.63) is 60.4 Å². The first-order chi connectivity index (χ1) is 13.7. The van der Waals surface area contributed by atoms with Gasteiger partial charge in [0.25, 0.3) is 0 Å². The van der Waals surface area contributed by atoms with E-state index in [2.05, 4.69) is 45.0 Å². The zero-order valence-corrected chi connectivity index (χ0v) is 16.1. The molecule has 5 aromatic rings. The molecule has 4 nitrogen and oxygen atoms in total. The van der Waals surface area contributed by atoms with Crippen molar-refractivity contribution < 1.29 is 5.11 Å². The number of rotatable bonds is 2. The Hall–Kier alpha value is -3.05. The standard InChI is InChI=1S/C23H19N3OS/c27-22-19(16-11-24-18-9-2-1-7-14(16)18)20(23(28)25-22)17-12-26-10-4-6-13-5-3-8-15(17)21(13)26/h1-3,5,7-9,11-12,24-25,27-28H,4,6,10H2. The third kappa shape index (κ3) is 2.08. The Morgan fingerprint density at radius 2 is 1.82 bits per heavy atom. The summed E-state index contributed by atoms with van der Waals surface area (Å²) in [4.78, 5) is 6.37. The van der Waals surface area contributed by atoms with E-state index >= 15 is 0 Å². The number of hydrogen-bond donors (Lipinski definition) is 4. The number of benzene rings is 2. The van der Waals surface area contributed by atoms with E-state index in [-0.39, 0.29) is 5.88 Å². The number of hydrogen-bond acceptors (Lipinski definition) is 2. The number of aromatic nitrogens is 3. The highest BCUT2D eigenvalue weighted by atomic mass is 32.1. The van der Waals surface area contributed by atoms with Crippen LogP contribution in [0.3, 0.4) is 0 Å². The van der Waals surface area contributed by atoms with Crippen molar-refractivity contribution in [1.29, 1.82) is 0 Å². The SMILES string of the molecule is Oc1[nH]c(S)c(-c2cn3c4c(cccc24)CCC3)c1-c1c[nH]c2ccccc12. The Kier molecular flexibility index (Phi) is 3.26. The summed E-state index contributed by atoms with van der Waals surface area (Å²) in [5.74, 6) is 0.150. The predicted octanol–water partition coefficient (Wildman–Crippen LogP) is 5.73. The Morgan fingerprint density at radius 1 is 0.964 bits per heavy atom. The van der Waals surface area contributed by atoms with Crippen molar-refractivity contribution in [3.63, 3.8) is 0 Å². The topological polar surface area (TPSA) is 56.7 Å². The minimum atomic E-state index is 0.150. The highest BCUT2D eigenvalue weighted by Gasteiger charge is 2.25. The van der Waals surface area contributed by atoms with Crippen LogP contribution in [0.2, 0.25) is 0 Å². The summed E-state index contributed by atoms with van der Waals surface area (Å²) in [6.07, 6.45) is 6.45.